The zero-order chi connectivity index (χ0) is 12.5. The van der Waals surface area contributed by atoms with Crippen LogP contribution in [0.1, 0.15) is 44.2 Å². The Morgan fingerprint density at radius 3 is 2.18 bits per heavy atom. The van der Waals surface area contributed by atoms with E-state index in [9.17, 15) is 5.11 Å². The molecule has 1 fully saturated rings. The van der Waals surface area contributed by atoms with Crippen molar-refractivity contribution in [3.8, 4) is 0 Å². The van der Waals surface area contributed by atoms with E-state index in [1.165, 1.54) is 30.4 Å². The van der Waals surface area contributed by atoms with Crippen LogP contribution >= 0.6 is 0 Å². The lowest BCUT2D eigenvalue weighted by molar-refractivity contribution is 0.0810. The molecule has 1 aromatic rings. The Bertz CT molecular complexity index is 365. The van der Waals surface area contributed by atoms with E-state index >= 15 is 0 Å². The van der Waals surface area contributed by atoms with E-state index in [0.717, 1.165) is 6.54 Å². The highest BCUT2D eigenvalue weighted by atomic mass is 16.3. The summed E-state index contributed by atoms with van der Waals surface area (Å²) in [4.78, 5) is 0. The second-order valence-corrected chi connectivity index (χ2v) is 6.02. The van der Waals surface area contributed by atoms with Crippen LogP contribution in [-0.2, 0) is 11.8 Å². The summed E-state index contributed by atoms with van der Waals surface area (Å²) in [6.07, 6.45) is 4.42. The molecule has 3 N–H and O–H groups in total. The van der Waals surface area contributed by atoms with E-state index < -0.39 is 5.60 Å². The Morgan fingerprint density at radius 2 is 1.82 bits per heavy atom. The highest BCUT2D eigenvalue weighted by molar-refractivity contribution is 5.32. The van der Waals surface area contributed by atoms with Gasteiger partial charge in [0, 0.05) is 18.4 Å². The van der Waals surface area contributed by atoms with Gasteiger partial charge in [0.05, 0.1) is 5.60 Å². The van der Waals surface area contributed by atoms with Crippen molar-refractivity contribution in [1.82, 2.24) is 0 Å². The number of nitrogens with two attached hydrogens (primary N) is 1. The van der Waals surface area contributed by atoms with Crippen molar-refractivity contribution in [3.05, 3.63) is 35.4 Å². The predicted octanol–water partition coefficient (Wildman–Crippen LogP) is 2.38. The minimum Gasteiger partial charge on any atom is -0.390 e. The molecular formula is C15H23NO. The highest BCUT2D eigenvalue weighted by Crippen LogP contribution is 2.42. The van der Waals surface area contributed by atoms with Gasteiger partial charge >= 0.3 is 0 Å². The second-order valence-electron chi connectivity index (χ2n) is 6.02. The van der Waals surface area contributed by atoms with E-state index in [0.29, 0.717) is 6.42 Å². The van der Waals surface area contributed by atoms with E-state index in [4.69, 9.17) is 5.73 Å². The molecule has 0 radical (unpaired) electrons. The van der Waals surface area contributed by atoms with Crippen LogP contribution in [0.25, 0.3) is 0 Å². The predicted molar refractivity (Wildman–Crippen MR) is 71.0 cm³/mol. The molecular weight excluding hydrogens is 210 g/mol. The van der Waals surface area contributed by atoms with E-state index in [1.54, 1.807) is 0 Å². The molecule has 2 nitrogen and oxygen atoms in total. The minimum absolute atomic E-state index is 0.243. The Morgan fingerprint density at radius 1 is 1.24 bits per heavy atom. The number of benzene rings is 1. The molecule has 0 unspecified atom stereocenters. The molecule has 0 atom stereocenters. The van der Waals surface area contributed by atoms with Crippen LogP contribution in [-0.4, -0.2) is 17.3 Å². The van der Waals surface area contributed by atoms with Crippen LogP contribution < -0.4 is 5.73 Å². The first-order valence-corrected chi connectivity index (χ1v) is 6.47. The standard InChI is InChI=1S/C15H23NO/c1-14(2,17)10-12-4-6-13(7-5-12)15(11-16)8-3-9-15/h4-7,17H,3,8-11,16H2,1-2H3. The third-order valence-corrected chi connectivity index (χ3v) is 3.90. The van der Waals surface area contributed by atoms with Gasteiger partial charge in [-0.2, -0.15) is 0 Å². The van der Waals surface area contributed by atoms with Crippen molar-refractivity contribution in [2.75, 3.05) is 6.54 Å². The van der Waals surface area contributed by atoms with Crippen molar-refractivity contribution in [2.45, 2.75) is 50.5 Å². The van der Waals surface area contributed by atoms with Crippen molar-refractivity contribution in [3.63, 3.8) is 0 Å². The monoisotopic (exact) mass is 233 g/mol. The molecule has 0 bridgehead atoms. The summed E-state index contributed by atoms with van der Waals surface area (Å²) >= 11 is 0. The van der Waals surface area contributed by atoms with Gasteiger partial charge in [-0.25, -0.2) is 0 Å². The van der Waals surface area contributed by atoms with Crippen molar-refractivity contribution in [1.29, 1.82) is 0 Å². The Balaban J connectivity index is 2.13. The molecule has 1 aliphatic carbocycles. The molecule has 1 aromatic carbocycles. The van der Waals surface area contributed by atoms with Gasteiger partial charge in [0.1, 0.15) is 0 Å². The van der Waals surface area contributed by atoms with Crippen molar-refractivity contribution < 1.29 is 5.11 Å². The second kappa shape index (κ2) is 4.43. The number of hydrogen-bond acceptors (Lipinski definition) is 2. The molecule has 1 aliphatic rings. The Labute approximate surface area is 104 Å². The lowest BCUT2D eigenvalue weighted by Gasteiger charge is -2.41. The minimum atomic E-state index is -0.635. The van der Waals surface area contributed by atoms with Crippen LogP contribution in [0.15, 0.2) is 24.3 Å². The van der Waals surface area contributed by atoms with Crippen LogP contribution in [0, 0.1) is 0 Å². The zero-order valence-corrected chi connectivity index (χ0v) is 10.9. The largest absolute Gasteiger partial charge is 0.390 e. The van der Waals surface area contributed by atoms with Gasteiger partial charge in [-0.05, 0) is 37.8 Å². The average molecular weight is 233 g/mol. The maximum atomic E-state index is 9.78. The van der Waals surface area contributed by atoms with Crippen molar-refractivity contribution >= 4 is 0 Å². The van der Waals surface area contributed by atoms with Crippen LogP contribution in [0.2, 0.25) is 0 Å². The molecule has 0 amide bonds. The van der Waals surface area contributed by atoms with Gasteiger partial charge in [0.25, 0.3) is 0 Å². The topological polar surface area (TPSA) is 46.2 Å². The van der Waals surface area contributed by atoms with Gasteiger partial charge in [-0.3, -0.25) is 0 Å². The number of hydrogen-bond donors (Lipinski definition) is 2. The maximum absolute atomic E-state index is 9.78. The fraction of sp³-hybridized carbons (Fsp3) is 0.600. The van der Waals surface area contributed by atoms with Gasteiger partial charge in [0.2, 0.25) is 0 Å². The molecule has 94 valence electrons. The van der Waals surface area contributed by atoms with Crippen LogP contribution in [0.4, 0.5) is 0 Å². The fourth-order valence-electron chi connectivity index (χ4n) is 2.69. The molecule has 0 aromatic heterocycles. The van der Waals surface area contributed by atoms with Gasteiger partial charge in [-0.15, -0.1) is 0 Å². The van der Waals surface area contributed by atoms with Crippen LogP contribution in [0.3, 0.4) is 0 Å². The summed E-state index contributed by atoms with van der Waals surface area (Å²) in [5, 5.41) is 9.78. The first-order chi connectivity index (χ1) is 7.95. The SMILES string of the molecule is CC(C)(O)Cc1ccc(C2(CN)CCC2)cc1. The summed E-state index contributed by atoms with van der Waals surface area (Å²) in [5.41, 5.74) is 8.06. The highest BCUT2D eigenvalue weighted by Gasteiger charge is 2.37. The lowest BCUT2D eigenvalue weighted by Crippen LogP contribution is -2.41. The van der Waals surface area contributed by atoms with E-state index in [2.05, 4.69) is 24.3 Å². The number of rotatable bonds is 4. The third-order valence-electron chi connectivity index (χ3n) is 3.90. The first kappa shape index (κ1) is 12.6. The summed E-state index contributed by atoms with van der Waals surface area (Å²) in [6.45, 7) is 4.43. The molecule has 0 heterocycles. The third kappa shape index (κ3) is 2.70. The molecule has 0 aliphatic heterocycles. The fourth-order valence-corrected chi connectivity index (χ4v) is 2.69. The normalized spacial score (nSPS) is 18.8. The number of aliphatic hydroxyl groups is 1. The molecule has 2 rings (SSSR count). The smallest absolute Gasteiger partial charge is 0.0631 e. The Kier molecular flexibility index (Phi) is 3.28. The van der Waals surface area contributed by atoms with Gasteiger partial charge < -0.3 is 10.8 Å². The molecule has 2 heteroatoms. The molecule has 17 heavy (non-hydrogen) atoms. The zero-order valence-electron chi connectivity index (χ0n) is 10.9. The van der Waals surface area contributed by atoms with E-state index in [-0.39, 0.29) is 5.41 Å². The lowest BCUT2D eigenvalue weighted by atomic mass is 9.64. The van der Waals surface area contributed by atoms with E-state index in [1.807, 2.05) is 13.8 Å². The summed E-state index contributed by atoms with van der Waals surface area (Å²) in [5.74, 6) is 0. The quantitative estimate of drug-likeness (QED) is 0.838. The maximum Gasteiger partial charge on any atom is 0.0631 e. The summed E-state index contributed by atoms with van der Waals surface area (Å²) in [7, 11) is 0. The van der Waals surface area contributed by atoms with Crippen molar-refractivity contribution in [2.24, 2.45) is 5.73 Å². The summed E-state index contributed by atoms with van der Waals surface area (Å²) in [6, 6.07) is 8.63. The average Bonchev–Trinajstić information content (AvgIpc) is 2.17. The molecule has 0 saturated heterocycles. The van der Waals surface area contributed by atoms with Crippen LogP contribution in [0.5, 0.6) is 0 Å². The van der Waals surface area contributed by atoms with Gasteiger partial charge in [0.15, 0.2) is 0 Å². The summed E-state index contributed by atoms with van der Waals surface area (Å²) < 4.78 is 0. The Hall–Kier alpha value is -0.860. The van der Waals surface area contributed by atoms with Gasteiger partial charge in [-0.1, -0.05) is 30.7 Å². The molecule has 0 spiro atoms. The first-order valence-electron chi connectivity index (χ1n) is 6.47. The molecule has 1 saturated carbocycles.